The van der Waals surface area contributed by atoms with E-state index in [4.69, 9.17) is 5.26 Å². The number of thiazole rings is 1. The number of nitrogens with zero attached hydrogens (tertiary/aromatic N) is 4. The monoisotopic (exact) mass is 300 g/mol. The molecule has 100 valence electrons. The first kappa shape index (κ1) is 13.2. The van der Waals surface area contributed by atoms with Gasteiger partial charge in [-0.2, -0.15) is 5.26 Å². The van der Waals surface area contributed by atoms with Gasteiger partial charge < -0.3 is 0 Å². The lowest BCUT2D eigenvalue weighted by Crippen LogP contribution is -2.39. The highest BCUT2D eigenvalue weighted by Crippen LogP contribution is 2.33. The SMILES string of the molecule is CSC1=NC=CC(CC#N)N1c1nc2ccccc2s1. The topological polar surface area (TPSA) is 52.3 Å². The predicted octanol–water partition coefficient (Wildman–Crippen LogP) is 3.63. The van der Waals surface area contributed by atoms with E-state index in [1.165, 1.54) is 0 Å². The highest BCUT2D eigenvalue weighted by Gasteiger charge is 2.26. The number of rotatable bonds is 2. The van der Waals surface area contributed by atoms with Gasteiger partial charge in [0.1, 0.15) is 0 Å². The second kappa shape index (κ2) is 5.65. The van der Waals surface area contributed by atoms with E-state index < -0.39 is 0 Å². The number of hydrogen-bond acceptors (Lipinski definition) is 6. The molecule has 4 nitrogen and oxygen atoms in total. The van der Waals surface area contributed by atoms with Gasteiger partial charge in [0.05, 0.1) is 28.7 Å². The van der Waals surface area contributed by atoms with Crippen LogP contribution in [0.15, 0.2) is 41.5 Å². The Morgan fingerprint density at radius 3 is 3.05 bits per heavy atom. The molecule has 0 saturated carbocycles. The predicted molar refractivity (Wildman–Crippen MR) is 86.2 cm³/mol. The van der Waals surface area contributed by atoms with Gasteiger partial charge in [-0.15, -0.1) is 0 Å². The molecule has 0 bridgehead atoms. The second-order valence-electron chi connectivity index (χ2n) is 4.22. The van der Waals surface area contributed by atoms with E-state index in [2.05, 4.69) is 27.0 Å². The molecule has 0 N–H and O–H groups in total. The zero-order chi connectivity index (χ0) is 13.9. The Morgan fingerprint density at radius 2 is 2.30 bits per heavy atom. The summed E-state index contributed by atoms with van der Waals surface area (Å²) in [5.41, 5.74) is 0.984. The Labute approximate surface area is 125 Å². The van der Waals surface area contributed by atoms with Crippen LogP contribution in [0.5, 0.6) is 0 Å². The zero-order valence-electron chi connectivity index (χ0n) is 10.9. The molecule has 3 rings (SSSR count). The maximum Gasteiger partial charge on any atom is 0.193 e. The van der Waals surface area contributed by atoms with E-state index in [1.54, 1.807) is 29.3 Å². The van der Waals surface area contributed by atoms with Crippen LogP contribution in [0.2, 0.25) is 0 Å². The Kier molecular flexibility index (Phi) is 3.72. The highest BCUT2D eigenvalue weighted by molar-refractivity contribution is 8.13. The second-order valence-corrected chi connectivity index (χ2v) is 6.00. The number of amidine groups is 1. The smallest absolute Gasteiger partial charge is 0.193 e. The summed E-state index contributed by atoms with van der Waals surface area (Å²) in [4.78, 5) is 11.1. The van der Waals surface area contributed by atoms with Crippen LogP contribution in [0.1, 0.15) is 6.42 Å². The molecule has 1 aromatic carbocycles. The lowest BCUT2D eigenvalue weighted by molar-refractivity contribution is 0.808. The number of fused-ring (bicyclic) bond motifs is 1. The standard InChI is InChI=1S/C14H12N4S2/c1-19-13-16-9-7-10(6-8-15)18(13)14-17-11-4-2-3-5-12(11)20-14/h2-5,7,9-10H,6H2,1H3. The Bertz CT molecular complexity index is 693. The first-order valence-electron chi connectivity index (χ1n) is 6.13. The van der Waals surface area contributed by atoms with E-state index in [1.807, 2.05) is 30.5 Å². The van der Waals surface area contributed by atoms with Crippen LogP contribution >= 0.6 is 23.1 Å². The summed E-state index contributed by atoms with van der Waals surface area (Å²) in [6.45, 7) is 0. The number of thioether (sulfide) groups is 1. The molecular weight excluding hydrogens is 288 g/mol. The maximum atomic E-state index is 9.01. The van der Waals surface area contributed by atoms with Gasteiger partial charge in [-0.1, -0.05) is 35.2 Å². The van der Waals surface area contributed by atoms with Crippen LogP contribution in [-0.2, 0) is 0 Å². The minimum atomic E-state index is 0.000474. The summed E-state index contributed by atoms with van der Waals surface area (Å²) in [5.74, 6) is 0. The molecule has 6 heteroatoms. The minimum absolute atomic E-state index is 0.000474. The highest BCUT2D eigenvalue weighted by atomic mass is 32.2. The summed E-state index contributed by atoms with van der Waals surface area (Å²) in [6.07, 6.45) is 6.14. The van der Waals surface area contributed by atoms with E-state index in [9.17, 15) is 0 Å². The van der Waals surface area contributed by atoms with Crippen molar-refractivity contribution in [3.05, 3.63) is 36.5 Å². The number of aliphatic imine (C=N–C) groups is 1. The molecule has 1 atom stereocenters. The molecular formula is C14H12N4S2. The van der Waals surface area contributed by atoms with Crippen LogP contribution < -0.4 is 4.90 Å². The van der Waals surface area contributed by atoms with Crippen LogP contribution in [-0.4, -0.2) is 22.4 Å². The maximum absolute atomic E-state index is 9.01. The molecule has 0 saturated heterocycles. The molecule has 1 aliphatic heterocycles. The van der Waals surface area contributed by atoms with Crippen LogP contribution in [0.3, 0.4) is 0 Å². The number of hydrogen-bond donors (Lipinski definition) is 0. The van der Waals surface area contributed by atoms with E-state index in [0.717, 1.165) is 20.5 Å². The first-order chi connectivity index (χ1) is 9.83. The van der Waals surface area contributed by atoms with Crippen molar-refractivity contribution in [1.29, 1.82) is 5.26 Å². The van der Waals surface area contributed by atoms with Gasteiger partial charge >= 0.3 is 0 Å². The average molecular weight is 300 g/mol. The van der Waals surface area contributed by atoms with Crippen molar-refractivity contribution in [2.24, 2.45) is 4.99 Å². The van der Waals surface area contributed by atoms with Crippen molar-refractivity contribution in [2.75, 3.05) is 11.2 Å². The van der Waals surface area contributed by atoms with Gasteiger partial charge in [-0.25, -0.2) is 9.98 Å². The van der Waals surface area contributed by atoms with Crippen molar-refractivity contribution in [3.63, 3.8) is 0 Å². The van der Waals surface area contributed by atoms with Gasteiger partial charge in [0, 0.05) is 6.20 Å². The van der Waals surface area contributed by atoms with Crippen molar-refractivity contribution in [1.82, 2.24) is 4.98 Å². The molecule has 0 spiro atoms. The fourth-order valence-electron chi connectivity index (χ4n) is 2.09. The number of anilines is 1. The average Bonchev–Trinajstić information content (AvgIpc) is 2.90. The van der Waals surface area contributed by atoms with Crippen LogP contribution in [0.25, 0.3) is 10.2 Å². The third-order valence-corrected chi connectivity index (χ3v) is 4.71. The van der Waals surface area contributed by atoms with Gasteiger partial charge in [0.15, 0.2) is 10.3 Å². The summed E-state index contributed by atoms with van der Waals surface area (Å²) in [7, 11) is 0. The van der Waals surface area contributed by atoms with Crippen molar-refractivity contribution in [2.45, 2.75) is 12.5 Å². The van der Waals surface area contributed by atoms with E-state index >= 15 is 0 Å². The molecule has 1 aromatic heterocycles. The number of para-hydroxylation sites is 1. The summed E-state index contributed by atoms with van der Waals surface area (Å²) in [5, 5.41) is 10.8. The lowest BCUT2D eigenvalue weighted by atomic mass is 10.2. The third kappa shape index (κ3) is 2.30. The largest absolute Gasteiger partial charge is 0.289 e. The van der Waals surface area contributed by atoms with Crippen molar-refractivity contribution < 1.29 is 0 Å². The Balaban J connectivity index is 2.06. The van der Waals surface area contributed by atoms with E-state index in [-0.39, 0.29) is 6.04 Å². The molecule has 0 fully saturated rings. The molecule has 20 heavy (non-hydrogen) atoms. The minimum Gasteiger partial charge on any atom is -0.289 e. The summed E-state index contributed by atoms with van der Waals surface area (Å²) >= 11 is 3.20. The van der Waals surface area contributed by atoms with Gasteiger partial charge in [-0.05, 0) is 24.5 Å². The molecule has 0 radical (unpaired) electrons. The lowest BCUT2D eigenvalue weighted by Gasteiger charge is -2.29. The fourth-order valence-corrected chi connectivity index (χ4v) is 3.76. The quantitative estimate of drug-likeness (QED) is 0.850. The molecule has 0 aliphatic carbocycles. The molecule has 2 aromatic rings. The Morgan fingerprint density at radius 1 is 1.45 bits per heavy atom. The van der Waals surface area contributed by atoms with Gasteiger partial charge in [0.2, 0.25) is 0 Å². The molecule has 1 aliphatic rings. The number of benzene rings is 1. The Hall–Kier alpha value is -1.84. The van der Waals surface area contributed by atoms with Crippen LogP contribution in [0, 0.1) is 11.3 Å². The van der Waals surface area contributed by atoms with Gasteiger partial charge in [0.25, 0.3) is 0 Å². The van der Waals surface area contributed by atoms with Crippen LogP contribution in [0.4, 0.5) is 5.13 Å². The first-order valence-corrected chi connectivity index (χ1v) is 8.18. The third-order valence-electron chi connectivity index (χ3n) is 3.00. The van der Waals surface area contributed by atoms with E-state index in [0.29, 0.717) is 6.42 Å². The molecule has 1 unspecified atom stereocenters. The van der Waals surface area contributed by atoms with Crippen molar-refractivity contribution in [3.8, 4) is 6.07 Å². The fraction of sp³-hybridized carbons (Fsp3) is 0.214. The van der Waals surface area contributed by atoms with Gasteiger partial charge in [-0.3, -0.25) is 4.90 Å². The van der Waals surface area contributed by atoms with Crippen molar-refractivity contribution >= 4 is 43.6 Å². The molecule has 2 heterocycles. The molecule has 0 amide bonds. The normalized spacial score (nSPS) is 18.1. The summed E-state index contributed by atoms with van der Waals surface area (Å²) < 4.78 is 1.15. The number of nitriles is 1. The number of aromatic nitrogens is 1. The summed E-state index contributed by atoms with van der Waals surface area (Å²) in [6, 6.07) is 10.3. The zero-order valence-corrected chi connectivity index (χ0v) is 12.5.